The van der Waals surface area contributed by atoms with Gasteiger partial charge in [0.2, 0.25) is 0 Å². The molecule has 0 aliphatic heterocycles. The van der Waals surface area contributed by atoms with Gasteiger partial charge in [-0.1, -0.05) is 25.7 Å². The molecule has 0 amide bonds. The van der Waals surface area contributed by atoms with Gasteiger partial charge >= 0.3 is 0 Å². The molecule has 0 fully saturated rings. The maximum absolute atomic E-state index is 9.32. The van der Waals surface area contributed by atoms with E-state index in [9.17, 15) is 5.11 Å². The predicted molar refractivity (Wildman–Crippen MR) is 48.1 cm³/mol. The van der Waals surface area contributed by atoms with E-state index in [4.69, 9.17) is 0 Å². The Kier molecular flexibility index (Phi) is 3.62. The van der Waals surface area contributed by atoms with E-state index in [0.717, 1.165) is 0 Å². The van der Waals surface area contributed by atoms with Crippen molar-refractivity contribution in [1.82, 2.24) is 0 Å². The van der Waals surface area contributed by atoms with Gasteiger partial charge in [-0.15, -0.1) is 0 Å². The molecule has 0 rings (SSSR count). The van der Waals surface area contributed by atoms with Crippen molar-refractivity contribution in [2.45, 2.75) is 40.7 Å². The zero-order valence-electron chi connectivity index (χ0n) is 8.10. The first-order valence-corrected chi connectivity index (χ1v) is 4.03. The highest BCUT2D eigenvalue weighted by Gasteiger charge is 2.07. The monoisotopic (exact) mass is 154 g/mol. The molecule has 0 saturated carbocycles. The normalized spacial score (nSPS) is 14.1. The van der Waals surface area contributed by atoms with Crippen LogP contribution in [0.5, 0.6) is 0 Å². The zero-order valence-corrected chi connectivity index (χ0v) is 8.10. The predicted octanol–water partition coefficient (Wildman–Crippen LogP) is 2.05. The smallest absolute Gasteiger partial charge is 0.117 e. The van der Waals surface area contributed by atoms with Gasteiger partial charge in [-0.25, -0.2) is 0 Å². The lowest BCUT2D eigenvalue weighted by atomic mass is 9.96. The van der Waals surface area contributed by atoms with Crippen molar-refractivity contribution in [2.24, 2.45) is 11.3 Å². The molecule has 0 aromatic rings. The third kappa shape index (κ3) is 5.94. The van der Waals surface area contributed by atoms with Crippen molar-refractivity contribution in [1.29, 1.82) is 0 Å². The van der Waals surface area contributed by atoms with Crippen LogP contribution >= 0.6 is 0 Å². The lowest BCUT2D eigenvalue weighted by molar-refractivity contribution is 0.181. The van der Waals surface area contributed by atoms with Crippen LogP contribution in [0.3, 0.4) is 0 Å². The molecule has 0 aromatic heterocycles. The van der Waals surface area contributed by atoms with Crippen molar-refractivity contribution in [3.05, 3.63) is 0 Å². The Hall–Kier alpha value is -0.480. The van der Waals surface area contributed by atoms with Crippen LogP contribution in [0.4, 0.5) is 0 Å². The van der Waals surface area contributed by atoms with Crippen LogP contribution in [0.25, 0.3) is 0 Å². The largest absolute Gasteiger partial charge is 0.380 e. The van der Waals surface area contributed by atoms with E-state index in [2.05, 4.69) is 11.8 Å². The molecule has 0 aliphatic carbocycles. The number of rotatable bonds is 1. The van der Waals surface area contributed by atoms with Crippen LogP contribution in [0, 0.1) is 23.2 Å². The van der Waals surface area contributed by atoms with Crippen molar-refractivity contribution >= 4 is 0 Å². The van der Waals surface area contributed by atoms with Gasteiger partial charge in [-0.05, 0) is 26.7 Å². The van der Waals surface area contributed by atoms with E-state index in [0.29, 0.717) is 0 Å². The van der Waals surface area contributed by atoms with Gasteiger partial charge in [0.25, 0.3) is 0 Å². The van der Waals surface area contributed by atoms with Crippen LogP contribution in [0.2, 0.25) is 0 Å². The lowest BCUT2D eigenvalue weighted by Gasteiger charge is -2.10. The quantitative estimate of drug-likeness (QED) is 0.573. The summed E-state index contributed by atoms with van der Waals surface area (Å²) in [6.45, 7) is 10.0. The van der Waals surface area contributed by atoms with Crippen molar-refractivity contribution in [3.63, 3.8) is 0 Å². The second-order valence-corrected chi connectivity index (χ2v) is 4.21. The standard InChI is InChI=1S/C10H18O/c1-8(2)9(11)6-7-10(3,4)5/h8-9,11H,1-5H3/t9-/m1/s1. The third-order valence-corrected chi connectivity index (χ3v) is 1.23. The van der Waals surface area contributed by atoms with Gasteiger partial charge in [0.1, 0.15) is 6.10 Å². The van der Waals surface area contributed by atoms with Gasteiger partial charge in [-0.3, -0.25) is 0 Å². The molecule has 1 heteroatoms. The van der Waals surface area contributed by atoms with E-state index in [1.165, 1.54) is 0 Å². The summed E-state index contributed by atoms with van der Waals surface area (Å²) in [6, 6.07) is 0. The lowest BCUT2D eigenvalue weighted by Crippen LogP contribution is -2.12. The molecular formula is C10H18O. The Morgan fingerprint density at radius 2 is 1.64 bits per heavy atom. The molecule has 1 atom stereocenters. The van der Waals surface area contributed by atoms with Gasteiger partial charge in [0.05, 0.1) is 0 Å². The molecule has 0 aromatic carbocycles. The summed E-state index contributed by atoms with van der Waals surface area (Å²) >= 11 is 0. The zero-order chi connectivity index (χ0) is 9.07. The van der Waals surface area contributed by atoms with Crippen molar-refractivity contribution in [3.8, 4) is 11.8 Å². The fraction of sp³-hybridized carbons (Fsp3) is 0.800. The fourth-order valence-electron chi connectivity index (χ4n) is 0.457. The van der Waals surface area contributed by atoms with Crippen molar-refractivity contribution < 1.29 is 5.11 Å². The summed E-state index contributed by atoms with van der Waals surface area (Å²) in [4.78, 5) is 0. The fourth-order valence-corrected chi connectivity index (χ4v) is 0.457. The molecule has 1 N–H and O–H groups in total. The summed E-state index contributed by atoms with van der Waals surface area (Å²) in [7, 11) is 0. The molecule has 0 bridgehead atoms. The maximum atomic E-state index is 9.32. The van der Waals surface area contributed by atoms with Gasteiger partial charge in [0.15, 0.2) is 0 Å². The Balaban J connectivity index is 4.08. The number of hydrogen-bond donors (Lipinski definition) is 1. The molecular weight excluding hydrogens is 136 g/mol. The van der Waals surface area contributed by atoms with E-state index in [1.807, 2.05) is 34.6 Å². The molecule has 1 nitrogen and oxygen atoms in total. The van der Waals surface area contributed by atoms with Crippen LogP contribution in [-0.2, 0) is 0 Å². The first-order chi connectivity index (χ1) is 4.83. The molecule has 0 saturated heterocycles. The van der Waals surface area contributed by atoms with Crippen LogP contribution in [-0.4, -0.2) is 11.2 Å². The molecule has 0 unspecified atom stereocenters. The van der Waals surface area contributed by atoms with Gasteiger partial charge < -0.3 is 5.11 Å². The van der Waals surface area contributed by atoms with E-state index in [1.54, 1.807) is 0 Å². The van der Waals surface area contributed by atoms with Crippen LogP contribution in [0.1, 0.15) is 34.6 Å². The highest BCUT2D eigenvalue weighted by molar-refractivity contribution is 5.11. The Morgan fingerprint density at radius 1 is 1.18 bits per heavy atom. The highest BCUT2D eigenvalue weighted by atomic mass is 16.3. The second kappa shape index (κ2) is 3.78. The molecule has 0 aliphatic rings. The topological polar surface area (TPSA) is 20.2 Å². The minimum absolute atomic E-state index is 0.00410. The second-order valence-electron chi connectivity index (χ2n) is 4.21. The first kappa shape index (κ1) is 10.5. The summed E-state index contributed by atoms with van der Waals surface area (Å²) < 4.78 is 0. The first-order valence-electron chi connectivity index (χ1n) is 4.03. The number of hydrogen-bond acceptors (Lipinski definition) is 1. The Bertz CT molecular complexity index is 164. The molecule has 0 heterocycles. The van der Waals surface area contributed by atoms with E-state index >= 15 is 0 Å². The molecule has 0 spiro atoms. The van der Waals surface area contributed by atoms with Gasteiger partial charge in [0, 0.05) is 5.41 Å². The maximum Gasteiger partial charge on any atom is 0.117 e. The summed E-state index contributed by atoms with van der Waals surface area (Å²) in [6.07, 6.45) is -0.478. The summed E-state index contributed by atoms with van der Waals surface area (Å²) in [5, 5.41) is 9.32. The SMILES string of the molecule is CC(C)[C@H](O)C#CC(C)(C)C. The minimum Gasteiger partial charge on any atom is -0.380 e. The van der Waals surface area contributed by atoms with Crippen LogP contribution in [0.15, 0.2) is 0 Å². The molecule has 11 heavy (non-hydrogen) atoms. The minimum atomic E-state index is -0.478. The van der Waals surface area contributed by atoms with Crippen molar-refractivity contribution in [2.75, 3.05) is 0 Å². The highest BCUT2D eigenvalue weighted by Crippen LogP contribution is 2.10. The number of aliphatic hydroxyl groups excluding tert-OH is 1. The van der Waals surface area contributed by atoms with Crippen LogP contribution < -0.4 is 0 Å². The third-order valence-electron chi connectivity index (χ3n) is 1.23. The number of aliphatic hydroxyl groups is 1. The Morgan fingerprint density at radius 3 is 1.91 bits per heavy atom. The average molecular weight is 154 g/mol. The Labute approximate surface area is 69.8 Å². The molecule has 0 radical (unpaired) electrons. The summed E-state index contributed by atoms with van der Waals surface area (Å²) in [5.74, 6) is 6.06. The summed E-state index contributed by atoms with van der Waals surface area (Å²) in [5.41, 5.74) is -0.00410. The van der Waals surface area contributed by atoms with Gasteiger partial charge in [-0.2, -0.15) is 0 Å². The average Bonchev–Trinajstić information content (AvgIpc) is 1.80. The van der Waals surface area contributed by atoms with E-state index in [-0.39, 0.29) is 11.3 Å². The van der Waals surface area contributed by atoms with E-state index < -0.39 is 6.10 Å². The molecule has 64 valence electrons.